The van der Waals surface area contributed by atoms with E-state index in [0.717, 1.165) is 31.3 Å². The maximum atomic E-state index is 12.3. The van der Waals surface area contributed by atoms with Gasteiger partial charge in [0.2, 0.25) is 15.9 Å². The van der Waals surface area contributed by atoms with E-state index >= 15 is 0 Å². The fourth-order valence-electron chi connectivity index (χ4n) is 2.54. The van der Waals surface area contributed by atoms with Crippen molar-refractivity contribution in [3.8, 4) is 0 Å². The van der Waals surface area contributed by atoms with Crippen LogP contribution in [0.3, 0.4) is 0 Å². The molecule has 1 aromatic heterocycles. The Balaban J connectivity index is 2.00. The highest BCUT2D eigenvalue weighted by atomic mass is 32.2. The third kappa shape index (κ3) is 4.99. The number of furan rings is 1. The standard InChI is InChI=1S/C15H22N2O4S/c1-12-6-7-14(21-12)8-9-15(18)17-10-4-3-5-13(17)11-16-22(2,19)20/h6-9,13,16H,3-5,10-11H2,1-2H3. The van der Waals surface area contributed by atoms with Crippen LogP contribution in [0.1, 0.15) is 30.8 Å². The minimum absolute atomic E-state index is 0.0982. The van der Waals surface area contributed by atoms with Gasteiger partial charge in [0.1, 0.15) is 11.5 Å². The number of piperidine rings is 1. The lowest BCUT2D eigenvalue weighted by Crippen LogP contribution is -2.48. The maximum Gasteiger partial charge on any atom is 0.246 e. The first-order valence-electron chi connectivity index (χ1n) is 7.35. The second-order valence-corrected chi connectivity index (χ2v) is 7.42. The fourth-order valence-corrected chi connectivity index (χ4v) is 3.04. The van der Waals surface area contributed by atoms with Crippen molar-refractivity contribution in [2.24, 2.45) is 0 Å². The third-order valence-corrected chi connectivity index (χ3v) is 4.33. The summed E-state index contributed by atoms with van der Waals surface area (Å²) in [4.78, 5) is 14.1. The number of amides is 1. The summed E-state index contributed by atoms with van der Waals surface area (Å²) < 4.78 is 30.3. The summed E-state index contributed by atoms with van der Waals surface area (Å²) in [6.45, 7) is 2.76. The van der Waals surface area contributed by atoms with Crippen molar-refractivity contribution in [3.05, 3.63) is 29.7 Å². The summed E-state index contributed by atoms with van der Waals surface area (Å²) in [5, 5.41) is 0. The molecule has 1 saturated heterocycles. The zero-order chi connectivity index (χ0) is 16.2. The molecule has 1 aliphatic rings. The first-order valence-corrected chi connectivity index (χ1v) is 9.24. The number of rotatable bonds is 5. The fraction of sp³-hybridized carbons (Fsp3) is 0.533. The van der Waals surface area contributed by atoms with Gasteiger partial charge in [-0.3, -0.25) is 4.79 Å². The summed E-state index contributed by atoms with van der Waals surface area (Å²) in [5.74, 6) is 1.31. The SMILES string of the molecule is Cc1ccc(C=CC(=O)N2CCCCC2CNS(C)(=O)=O)o1. The molecule has 7 heteroatoms. The van der Waals surface area contributed by atoms with Crippen molar-refractivity contribution in [1.82, 2.24) is 9.62 Å². The Morgan fingerprint density at radius 3 is 2.86 bits per heavy atom. The Morgan fingerprint density at radius 1 is 1.45 bits per heavy atom. The van der Waals surface area contributed by atoms with E-state index in [1.165, 1.54) is 6.08 Å². The van der Waals surface area contributed by atoms with E-state index in [9.17, 15) is 13.2 Å². The van der Waals surface area contributed by atoms with Crippen molar-refractivity contribution in [2.45, 2.75) is 32.2 Å². The van der Waals surface area contributed by atoms with E-state index < -0.39 is 10.0 Å². The molecule has 22 heavy (non-hydrogen) atoms. The number of carbonyl (C=O) groups is 1. The lowest BCUT2D eigenvalue weighted by molar-refractivity contribution is -0.129. The molecule has 0 aliphatic carbocycles. The number of hydrogen-bond donors (Lipinski definition) is 1. The maximum absolute atomic E-state index is 12.3. The molecule has 0 aromatic carbocycles. The smallest absolute Gasteiger partial charge is 0.246 e. The van der Waals surface area contributed by atoms with Crippen LogP contribution in [-0.4, -0.2) is 44.6 Å². The molecular formula is C15H22N2O4S. The summed E-state index contributed by atoms with van der Waals surface area (Å²) in [5.41, 5.74) is 0. The van der Waals surface area contributed by atoms with E-state index in [2.05, 4.69) is 4.72 Å². The monoisotopic (exact) mass is 326 g/mol. The molecule has 0 spiro atoms. The van der Waals surface area contributed by atoms with Crippen LogP contribution >= 0.6 is 0 Å². The second kappa shape index (κ2) is 7.11. The Labute approximate surface area is 131 Å². The highest BCUT2D eigenvalue weighted by Crippen LogP contribution is 2.18. The zero-order valence-corrected chi connectivity index (χ0v) is 13.7. The highest BCUT2D eigenvalue weighted by Gasteiger charge is 2.25. The van der Waals surface area contributed by atoms with Crippen molar-refractivity contribution >= 4 is 22.0 Å². The van der Waals surface area contributed by atoms with E-state index in [1.54, 1.807) is 17.0 Å². The van der Waals surface area contributed by atoms with Crippen LogP contribution in [0.25, 0.3) is 6.08 Å². The summed E-state index contributed by atoms with van der Waals surface area (Å²) in [6, 6.07) is 3.54. The minimum Gasteiger partial charge on any atom is -0.462 e. The van der Waals surface area contributed by atoms with Gasteiger partial charge in [0.15, 0.2) is 0 Å². The molecule has 2 rings (SSSR count). The summed E-state index contributed by atoms with van der Waals surface area (Å²) >= 11 is 0. The van der Waals surface area contributed by atoms with Gasteiger partial charge in [-0.1, -0.05) is 0 Å². The first-order chi connectivity index (χ1) is 10.3. The quantitative estimate of drug-likeness (QED) is 0.832. The predicted octanol–water partition coefficient (Wildman–Crippen LogP) is 1.53. The molecule has 0 radical (unpaired) electrons. The number of aryl methyl sites for hydroxylation is 1. The molecule has 1 atom stereocenters. The Kier molecular flexibility index (Phi) is 5.42. The second-order valence-electron chi connectivity index (χ2n) is 5.58. The number of nitrogens with zero attached hydrogens (tertiary/aromatic N) is 1. The Bertz CT molecular complexity index is 648. The van der Waals surface area contributed by atoms with Gasteiger partial charge in [0.05, 0.1) is 6.26 Å². The average Bonchev–Trinajstić information content (AvgIpc) is 2.88. The van der Waals surface area contributed by atoms with E-state index in [1.807, 2.05) is 13.0 Å². The van der Waals surface area contributed by atoms with Gasteiger partial charge in [-0.15, -0.1) is 0 Å². The number of nitrogens with one attached hydrogen (secondary N) is 1. The first kappa shape index (κ1) is 16.8. The highest BCUT2D eigenvalue weighted by molar-refractivity contribution is 7.88. The van der Waals surface area contributed by atoms with Gasteiger partial charge in [-0.2, -0.15) is 0 Å². The molecule has 0 bridgehead atoms. The minimum atomic E-state index is -3.25. The van der Waals surface area contributed by atoms with Crippen molar-refractivity contribution in [1.29, 1.82) is 0 Å². The van der Waals surface area contributed by atoms with Gasteiger partial charge in [-0.25, -0.2) is 13.1 Å². The molecule has 122 valence electrons. The molecule has 1 amide bonds. The van der Waals surface area contributed by atoms with E-state index in [0.29, 0.717) is 12.3 Å². The van der Waals surface area contributed by atoms with E-state index in [-0.39, 0.29) is 18.5 Å². The molecule has 1 aromatic rings. The number of carbonyl (C=O) groups excluding carboxylic acids is 1. The van der Waals surface area contributed by atoms with Crippen molar-refractivity contribution < 1.29 is 17.6 Å². The molecular weight excluding hydrogens is 304 g/mol. The average molecular weight is 326 g/mol. The molecule has 1 unspecified atom stereocenters. The summed E-state index contributed by atoms with van der Waals surface area (Å²) in [6.07, 6.45) is 7.00. The lowest BCUT2D eigenvalue weighted by atomic mass is 10.0. The Hall–Kier alpha value is -1.60. The van der Waals surface area contributed by atoms with Crippen LogP contribution in [0.15, 0.2) is 22.6 Å². The van der Waals surface area contributed by atoms with Crippen molar-refractivity contribution in [2.75, 3.05) is 19.3 Å². The van der Waals surface area contributed by atoms with Crippen LogP contribution in [-0.2, 0) is 14.8 Å². The molecule has 1 N–H and O–H groups in total. The molecule has 6 nitrogen and oxygen atoms in total. The van der Waals surface area contributed by atoms with Crippen LogP contribution < -0.4 is 4.72 Å². The molecule has 1 fully saturated rings. The van der Waals surface area contributed by atoms with Crippen molar-refractivity contribution in [3.63, 3.8) is 0 Å². The van der Waals surface area contributed by atoms with Crippen LogP contribution in [0, 0.1) is 6.92 Å². The van der Waals surface area contributed by atoms with Gasteiger partial charge in [0, 0.05) is 25.2 Å². The van der Waals surface area contributed by atoms with Gasteiger partial charge < -0.3 is 9.32 Å². The number of likely N-dealkylation sites (tertiary alicyclic amines) is 1. The van der Waals surface area contributed by atoms with Crippen LogP contribution in [0.4, 0.5) is 0 Å². The third-order valence-electron chi connectivity index (χ3n) is 3.64. The van der Waals surface area contributed by atoms with Gasteiger partial charge >= 0.3 is 0 Å². The largest absolute Gasteiger partial charge is 0.462 e. The van der Waals surface area contributed by atoms with E-state index in [4.69, 9.17) is 4.42 Å². The Morgan fingerprint density at radius 2 is 2.23 bits per heavy atom. The predicted molar refractivity (Wildman–Crippen MR) is 84.7 cm³/mol. The molecule has 1 aliphatic heterocycles. The number of hydrogen-bond acceptors (Lipinski definition) is 4. The normalized spacial score (nSPS) is 19.7. The van der Waals surface area contributed by atoms with Gasteiger partial charge in [0.25, 0.3) is 0 Å². The molecule has 2 heterocycles. The van der Waals surface area contributed by atoms with Crippen LogP contribution in [0.5, 0.6) is 0 Å². The summed E-state index contributed by atoms with van der Waals surface area (Å²) in [7, 11) is -3.25. The lowest BCUT2D eigenvalue weighted by Gasteiger charge is -2.35. The number of sulfonamides is 1. The van der Waals surface area contributed by atoms with Crippen LogP contribution in [0.2, 0.25) is 0 Å². The topological polar surface area (TPSA) is 79.6 Å². The van der Waals surface area contributed by atoms with Gasteiger partial charge in [-0.05, 0) is 44.4 Å². The zero-order valence-electron chi connectivity index (χ0n) is 12.9. The molecule has 0 saturated carbocycles.